The van der Waals surface area contributed by atoms with Gasteiger partial charge in [0.2, 0.25) is 12.8 Å². The van der Waals surface area contributed by atoms with Crippen molar-refractivity contribution < 1.29 is 9.59 Å². The van der Waals surface area contributed by atoms with Crippen molar-refractivity contribution in [2.45, 2.75) is 141 Å². The first-order chi connectivity index (χ1) is 15.6. The molecule has 0 bridgehead atoms. The molecule has 34 heavy (non-hydrogen) atoms. The number of rotatable bonds is 11. The molecule has 0 aromatic heterocycles. The van der Waals surface area contributed by atoms with Crippen LogP contribution in [0.4, 0.5) is 0 Å². The van der Waals surface area contributed by atoms with Crippen LogP contribution in [-0.2, 0) is 9.59 Å². The summed E-state index contributed by atoms with van der Waals surface area (Å²) in [5.74, 6) is 0. The van der Waals surface area contributed by atoms with Crippen molar-refractivity contribution in [3.63, 3.8) is 0 Å². The average molecular weight is 479 g/mol. The van der Waals surface area contributed by atoms with Crippen LogP contribution in [0.3, 0.4) is 0 Å². The van der Waals surface area contributed by atoms with Gasteiger partial charge in [-0.25, -0.2) is 0 Å². The minimum absolute atomic E-state index is 0.0863. The predicted octanol–water partition coefficient (Wildman–Crippen LogP) is 4.77. The maximum atomic E-state index is 11.9. The molecular formula is C28H54N4O2. The second-order valence-electron chi connectivity index (χ2n) is 13.6. The van der Waals surface area contributed by atoms with E-state index >= 15 is 0 Å². The lowest BCUT2D eigenvalue weighted by Crippen LogP contribution is -2.62. The Labute approximate surface area is 210 Å². The van der Waals surface area contributed by atoms with E-state index in [0.29, 0.717) is 12.1 Å². The molecule has 2 fully saturated rings. The fraction of sp³-hybridized carbons (Fsp3) is 0.929. The van der Waals surface area contributed by atoms with Crippen molar-refractivity contribution in [3.05, 3.63) is 0 Å². The first-order valence-corrected chi connectivity index (χ1v) is 13.5. The van der Waals surface area contributed by atoms with Gasteiger partial charge in [0.1, 0.15) is 0 Å². The standard InChI is InChI=1S/C28H54N4O2/c1-25(2)17-23(18-26(3,4)29(25)9)31(21-33)15-13-11-12-14-16-32(22-34)24-19-27(5,6)30(10)28(7,8)20-24/h21-24H,11-20H2,1-10H3. The molecule has 0 saturated carbocycles. The Bertz CT molecular complexity index is 594. The third-order valence-corrected chi connectivity index (χ3v) is 9.36. The average Bonchev–Trinajstić information content (AvgIpc) is 2.71. The molecule has 2 amide bonds. The first-order valence-electron chi connectivity index (χ1n) is 13.5. The third-order valence-electron chi connectivity index (χ3n) is 9.36. The van der Waals surface area contributed by atoms with Crippen molar-refractivity contribution in [1.82, 2.24) is 19.6 Å². The Morgan fingerprint density at radius 2 is 0.853 bits per heavy atom. The van der Waals surface area contributed by atoms with Crippen molar-refractivity contribution >= 4 is 12.8 Å². The molecule has 198 valence electrons. The van der Waals surface area contributed by atoms with Crippen LogP contribution in [0.5, 0.6) is 0 Å². The monoisotopic (exact) mass is 478 g/mol. The summed E-state index contributed by atoms with van der Waals surface area (Å²) in [6.45, 7) is 20.0. The van der Waals surface area contributed by atoms with Gasteiger partial charge in [0.05, 0.1) is 0 Å². The van der Waals surface area contributed by atoms with Gasteiger partial charge in [-0.3, -0.25) is 19.4 Å². The molecule has 0 aromatic rings. The molecule has 0 aliphatic carbocycles. The number of carbonyl (C=O) groups is 2. The van der Waals surface area contributed by atoms with Gasteiger partial charge in [-0.1, -0.05) is 12.8 Å². The molecule has 2 aliphatic rings. The van der Waals surface area contributed by atoms with Crippen molar-refractivity contribution in [3.8, 4) is 0 Å². The zero-order chi connectivity index (χ0) is 25.9. The van der Waals surface area contributed by atoms with E-state index in [9.17, 15) is 9.59 Å². The summed E-state index contributed by atoms with van der Waals surface area (Å²) >= 11 is 0. The van der Waals surface area contributed by atoms with Crippen LogP contribution in [0.25, 0.3) is 0 Å². The van der Waals surface area contributed by atoms with Crippen LogP contribution < -0.4 is 0 Å². The summed E-state index contributed by atoms with van der Waals surface area (Å²) in [5.41, 5.74) is 0.345. The van der Waals surface area contributed by atoms with E-state index in [0.717, 1.165) is 77.3 Å². The fourth-order valence-electron chi connectivity index (χ4n) is 6.69. The molecule has 2 heterocycles. The SMILES string of the molecule is CN1C(C)(C)CC(N(C=O)CCCCCCN(C=O)C2CC(C)(C)N(C)C(C)(C)C2)CC1(C)C. The number of likely N-dealkylation sites (tertiary alicyclic amines) is 2. The molecule has 0 radical (unpaired) electrons. The normalized spacial score (nSPS) is 25.1. The largest absolute Gasteiger partial charge is 0.342 e. The van der Waals surface area contributed by atoms with Crippen LogP contribution in [0, 0.1) is 0 Å². The molecule has 2 aliphatic heterocycles. The second kappa shape index (κ2) is 10.9. The highest BCUT2D eigenvalue weighted by Crippen LogP contribution is 2.39. The lowest BCUT2D eigenvalue weighted by atomic mass is 9.77. The van der Waals surface area contributed by atoms with E-state index in [1.165, 1.54) is 0 Å². The predicted molar refractivity (Wildman–Crippen MR) is 142 cm³/mol. The van der Waals surface area contributed by atoms with Crippen molar-refractivity contribution in [2.75, 3.05) is 27.2 Å². The molecule has 2 saturated heterocycles. The maximum absolute atomic E-state index is 11.9. The van der Waals surface area contributed by atoms with Gasteiger partial charge in [0, 0.05) is 47.3 Å². The topological polar surface area (TPSA) is 47.1 Å². The van der Waals surface area contributed by atoms with Crippen LogP contribution in [0.1, 0.15) is 107 Å². The zero-order valence-corrected chi connectivity index (χ0v) is 24.0. The maximum Gasteiger partial charge on any atom is 0.209 e. The van der Waals surface area contributed by atoms with Crippen molar-refractivity contribution in [2.24, 2.45) is 0 Å². The van der Waals surface area contributed by atoms with Gasteiger partial charge in [-0.2, -0.15) is 0 Å². The summed E-state index contributed by atoms with van der Waals surface area (Å²) in [6, 6.07) is 0.612. The highest BCUT2D eigenvalue weighted by Gasteiger charge is 2.45. The minimum Gasteiger partial charge on any atom is -0.342 e. The van der Waals surface area contributed by atoms with Gasteiger partial charge >= 0.3 is 0 Å². The van der Waals surface area contributed by atoms with Crippen LogP contribution >= 0.6 is 0 Å². The quantitative estimate of drug-likeness (QED) is 0.317. The smallest absolute Gasteiger partial charge is 0.209 e. The first kappa shape index (κ1) is 29.1. The number of amides is 2. The molecular weight excluding hydrogens is 424 g/mol. The molecule has 6 nitrogen and oxygen atoms in total. The van der Waals surface area contributed by atoms with Gasteiger partial charge < -0.3 is 9.80 Å². The number of unbranched alkanes of at least 4 members (excludes halogenated alkanes) is 3. The van der Waals surface area contributed by atoms with E-state index in [1.807, 2.05) is 0 Å². The Balaban J connectivity index is 1.79. The van der Waals surface area contributed by atoms with Gasteiger partial charge in [-0.15, -0.1) is 0 Å². The molecule has 6 heteroatoms. The minimum atomic E-state index is 0.0863. The second-order valence-corrected chi connectivity index (χ2v) is 13.6. The van der Waals surface area contributed by atoms with E-state index < -0.39 is 0 Å². The molecule has 0 unspecified atom stereocenters. The summed E-state index contributed by atoms with van der Waals surface area (Å²) < 4.78 is 0. The fourth-order valence-corrected chi connectivity index (χ4v) is 6.69. The van der Waals surface area contributed by atoms with Gasteiger partial charge in [-0.05, 0) is 108 Å². The highest BCUT2D eigenvalue weighted by molar-refractivity contribution is 5.48. The van der Waals surface area contributed by atoms with Crippen molar-refractivity contribution in [1.29, 1.82) is 0 Å². The van der Waals surface area contributed by atoms with E-state index in [1.54, 1.807) is 0 Å². The number of hydrogen-bond donors (Lipinski definition) is 0. The van der Waals surface area contributed by atoms with E-state index in [-0.39, 0.29) is 22.2 Å². The lowest BCUT2D eigenvalue weighted by Gasteiger charge is -2.55. The van der Waals surface area contributed by atoms with Gasteiger partial charge in [0.15, 0.2) is 0 Å². The van der Waals surface area contributed by atoms with Crippen LogP contribution in [-0.4, -0.2) is 93.8 Å². The number of carbonyl (C=O) groups excluding carboxylic acids is 2. The number of hydrogen-bond acceptors (Lipinski definition) is 4. The third kappa shape index (κ3) is 6.75. The zero-order valence-electron chi connectivity index (χ0n) is 24.0. The summed E-state index contributed by atoms with van der Waals surface area (Å²) in [7, 11) is 4.41. The molecule has 0 N–H and O–H groups in total. The Morgan fingerprint density at radius 3 is 1.09 bits per heavy atom. The van der Waals surface area contributed by atoms with E-state index in [2.05, 4.69) is 89.1 Å². The molecule has 0 aromatic carbocycles. The molecule has 0 spiro atoms. The Hall–Kier alpha value is -1.14. The number of piperidine rings is 2. The molecule has 0 atom stereocenters. The highest BCUT2D eigenvalue weighted by atomic mass is 16.1. The lowest BCUT2D eigenvalue weighted by molar-refractivity contribution is -0.126. The Morgan fingerprint density at radius 1 is 0.588 bits per heavy atom. The summed E-state index contributed by atoms with van der Waals surface area (Å²) in [5, 5.41) is 0. The van der Waals surface area contributed by atoms with Gasteiger partial charge in [0.25, 0.3) is 0 Å². The number of nitrogens with zero attached hydrogens (tertiary/aromatic N) is 4. The summed E-state index contributed by atoms with van der Waals surface area (Å²) in [4.78, 5) is 32.9. The Kier molecular flexibility index (Phi) is 9.29. The summed E-state index contributed by atoms with van der Waals surface area (Å²) in [6.07, 6.45) is 10.5. The van der Waals surface area contributed by atoms with Crippen LogP contribution in [0.2, 0.25) is 0 Å². The van der Waals surface area contributed by atoms with Crippen LogP contribution in [0.15, 0.2) is 0 Å². The van der Waals surface area contributed by atoms with E-state index in [4.69, 9.17) is 0 Å². The molecule has 2 rings (SSSR count).